The second-order valence-corrected chi connectivity index (χ2v) is 10.2. The SMILES string of the molecule is Cc1ccc(-c2c(C(C)C)nc(N=S(C)(C)=O)c3cc(N)c(C=N)cc23)cc1. The Hall–Kier alpha value is -2.73. The molecule has 146 valence electrons. The number of rotatable bonds is 4. The Labute approximate surface area is 166 Å². The van der Waals surface area contributed by atoms with Gasteiger partial charge in [-0.25, -0.2) is 9.19 Å². The van der Waals surface area contributed by atoms with Crippen molar-refractivity contribution in [3.05, 3.63) is 53.2 Å². The number of aromatic nitrogens is 1. The smallest absolute Gasteiger partial charge is 0.169 e. The van der Waals surface area contributed by atoms with Crippen molar-refractivity contribution in [2.45, 2.75) is 26.7 Å². The molecule has 0 fully saturated rings. The van der Waals surface area contributed by atoms with Gasteiger partial charge in [-0.3, -0.25) is 0 Å². The fourth-order valence-corrected chi connectivity index (χ4v) is 3.79. The lowest BCUT2D eigenvalue weighted by atomic mass is 9.91. The molecule has 0 atom stereocenters. The number of aryl methyl sites for hydroxylation is 1. The molecule has 0 saturated heterocycles. The summed E-state index contributed by atoms with van der Waals surface area (Å²) < 4.78 is 16.8. The summed E-state index contributed by atoms with van der Waals surface area (Å²) in [4.78, 5) is 4.82. The predicted octanol–water partition coefficient (Wildman–Crippen LogP) is 5.27. The Morgan fingerprint density at radius 1 is 1.14 bits per heavy atom. The molecule has 3 aromatic rings. The number of nitrogens with two attached hydrogens (primary N) is 1. The van der Waals surface area contributed by atoms with E-state index in [2.05, 4.69) is 49.4 Å². The van der Waals surface area contributed by atoms with Crippen LogP contribution in [0.25, 0.3) is 21.9 Å². The summed E-state index contributed by atoms with van der Waals surface area (Å²) in [5, 5.41) is 9.37. The number of fused-ring (bicyclic) bond motifs is 1. The van der Waals surface area contributed by atoms with Gasteiger partial charge in [0.05, 0.1) is 5.69 Å². The highest BCUT2D eigenvalue weighted by molar-refractivity contribution is 7.92. The van der Waals surface area contributed by atoms with Crippen molar-refractivity contribution in [3.8, 4) is 11.1 Å². The Balaban J connectivity index is 2.55. The lowest BCUT2D eigenvalue weighted by molar-refractivity contribution is 0.684. The number of nitrogens with zero attached hydrogens (tertiary/aromatic N) is 2. The van der Waals surface area contributed by atoms with Crippen molar-refractivity contribution < 1.29 is 4.21 Å². The van der Waals surface area contributed by atoms with Crippen LogP contribution in [0.15, 0.2) is 40.8 Å². The van der Waals surface area contributed by atoms with Crippen molar-refractivity contribution in [2.75, 3.05) is 18.2 Å². The first-order chi connectivity index (χ1) is 13.1. The number of benzene rings is 2. The van der Waals surface area contributed by atoms with Gasteiger partial charge in [-0.2, -0.15) is 4.36 Å². The van der Waals surface area contributed by atoms with Gasteiger partial charge in [0.2, 0.25) is 0 Å². The molecule has 6 heteroatoms. The average molecular weight is 395 g/mol. The monoisotopic (exact) mass is 394 g/mol. The third-order valence-electron chi connectivity index (χ3n) is 4.56. The van der Waals surface area contributed by atoms with Crippen LogP contribution in [0, 0.1) is 12.3 Å². The molecule has 0 spiro atoms. The van der Waals surface area contributed by atoms with Crippen LogP contribution in [-0.4, -0.2) is 27.9 Å². The normalized spacial score (nSPS) is 11.8. The number of nitrogens with one attached hydrogen (secondary N) is 1. The van der Waals surface area contributed by atoms with Gasteiger partial charge in [0.25, 0.3) is 0 Å². The van der Waals surface area contributed by atoms with Crippen LogP contribution in [0.4, 0.5) is 11.5 Å². The lowest BCUT2D eigenvalue weighted by Crippen LogP contribution is -2.02. The van der Waals surface area contributed by atoms with Crippen molar-refractivity contribution in [1.29, 1.82) is 5.41 Å². The minimum absolute atomic E-state index is 0.139. The van der Waals surface area contributed by atoms with Crippen LogP contribution >= 0.6 is 0 Å². The Morgan fingerprint density at radius 2 is 1.79 bits per heavy atom. The first kappa shape index (κ1) is 20.0. The summed E-state index contributed by atoms with van der Waals surface area (Å²) in [6.45, 7) is 6.22. The molecule has 2 aromatic carbocycles. The quantitative estimate of drug-likeness (QED) is 0.466. The van der Waals surface area contributed by atoms with E-state index in [1.807, 2.05) is 6.07 Å². The molecule has 1 aromatic heterocycles. The minimum Gasteiger partial charge on any atom is -0.398 e. The van der Waals surface area contributed by atoms with Crippen molar-refractivity contribution in [3.63, 3.8) is 0 Å². The van der Waals surface area contributed by atoms with E-state index in [1.54, 1.807) is 18.6 Å². The molecule has 0 unspecified atom stereocenters. The molecule has 0 aliphatic carbocycles. The van der Waals surface area contributed by atoms with E-state index < -0.39 is 9.73 Å². The molecule has 28 heavy (non-hydrogen) atoms. The van der Waals surface area contributed by atoms with Crippen molar-refractivity contribution in [1.82, 2.24) is 4.98 Å². The van der Waals surface area contributed by atoms with Gasteiger partial charge in [0, 0.05) is 50.7 Å². The molecule has 0 aliphatic heterocycles. The summed E-state index contributed by atoms with van der Waals surface area (Å²) in [6, 6.07) is 12.0. The molecule has 0 saturated carbocycles. The third kappa shape index (κ3) is 3.92. The summed E-state index contributed by atoms with van der Waals surface area (Å²) in [5.74, 6) is 0.577. The maximum Gasteiger partial charge on any atom is 0.169 e. The van der Waals surface area contributed by atoms with Gasteiger partial charge in [0.15, 0.2) is 5.82 Å². The molecule has 1 heterocycles. The van der Waals surface area contributed by atoms with Gasteiger partial charge in [0.1, 0.15) is 0 Å². The largest absolute Gasteiger partial charge is 0.398 e. The van der Waals surface area contributed by atoms with Gasteiger partial charge in [-0.15, -0.1) is 0 Å². The summed E-state index contributed by atoms with van der Waals surface area (Å²) in [7, 11) is -2.40. The number of hydrogen-bond acceptors (Lipinski definition) is 5. The zero-order valence-electron chi connectivity index (χ0n) is 16.9. The molecular formula is C22H26N4OS. The third-order valence-corrected chi connectivity index (χ3v) is 5.18. The molecular weight excluding hydrogens is 368 g/mol. The molecule has 0 bridgehead atoms. The van der Waals surface area contributed by atoms with E-state index in [0.717, 1.165) is 27.6 Å². The van der Waals surface area contributed by atoms with Crippen LogP contribution < -0.4 is 5.73 Å². The summed E-state index contributed by atoms with van der Waals surface area (Å²) >= 11 is 0. The van der Waals surface area contributed by atoms with Crippen molar-refractivity contribution >= 4 is 38.2 Å². The summed E-state index contributed by atoms with van der Waals surface area (Å²) in [5.41, 5.74) is 11.4. The van der Waals surface area contributed by atoms with E-state index in [-0.39, 0.29) is 5.92 Å². The van der Waals surface area contributed by atoms with Gasteiger partial charge in [-0.05, 0) is 35.9 Å². The molecule has 3 N–H and O–H groups in total. The average Bonchev–Trinajstić information content (AvgIpc) is 2.61. The number of pyridine rings is 1. The lowest BCUT2D eigenvalue weighted by Gasteiger charge is -2.18. The van der Waals surface area contributed by atoms with Crippen LogP contribution in [-0.2, 0) is 9.73 Å². The highest BCUT2D eigenvalue weighted by atomic mass is 32.2. The van der Waals surface area contributed by atoms with Crippen LogP contribution in [0.1, 0.15) is 36.6 Å². The molecule has 5 nitrogen and oxygen atoms in total. The predicted molar refractivity (Wildman–Crippen MR) is 120 cm³/mol. The molecule has 3 rings (SSSR count). The van der Waals surface area contributed by atoms with E-state index in [0.29, 0.717) is 17.1 Å². The zero-order valence-corrected chi connectivity index (χ0v) is 17.7. The van der Waals surface area contributed by atoms with Gasteiger partial charge in [-0.1, -0.05) is 43.7 Å². The fourth-order valence-electron chi connectivity index (χ4n) is 3.24. The standard InChI is InChI=1S/C22H26N4OS/c1-13(2)21-20(15-8-6-14(3)7-9-15)17-10-16(12-23)19(24)11-18(17)22(25-21)26-28(4,5)27/h6-13,23H,24H2,1-5H3. The maximum absolute atomic E-state index is 12.4. The van der Waals surface area contributed by atoms with Gasteiger partial charge >= 0.3 is 0 Å². The zero-order chi connectivity index (χ0) is 20.6. The van der Waals surface area contributed by atoms with Crippen LogP contribution in [0.2, 0.25) is 0 Å². The first-order valence-corrected chi connectivity index (χ1v) is 11.5. The van der Waals surface area contributed by atoms with E-state index >= 15 is 0 Å². The molecule has 0 aliphatic rings. The second kappa shape index (κ2) is 7.36. The maximum atomic E-state index is 12.4. The minimum atomic E-state index is -2.40. The number of nitrogen functional groups attached to an aromatic ring is 1. The Morgan fingerprint density at radius 3 is 2.32 bits per heavy atom. The molecule has 0 amide bonds. The molecule has 0 radical (unpaired) electrons. The highest BCUT2D eigenvalue weighted by Crippen LogP contribution is 2.40. The summed E-state index contributed by atoms with van der Waals surface area (Å²) in [6.07, 6.45) is 4.44. The highest BCUT2D eigenvalue weighted by Gasteiger charge is 2.19. The Bertz CT molecular complexity index is 1180. The fraction of sp³-hybridized carbons (Fsp3) is 0.273. The number of hydrogen-bond donors (Lipinski definition) is 2. The van der Waals surface area contributed by atoms with Crippen LogP contribution in [0.3, 0.4) is 0 Å². The van der Waals surface area contributed by atoms with E-state index in [1.165, 1.54) is 11.8 Å². The number of anilines is 1. The van der Waals surface area contributed by atoms with Crippen molar-refractivity contribution in [2.24, 2.45) is 4.36 Å². The van der Waals surface area contributed by atoms with E-state index in [4.69, 9.17) is 16.1 Å². The second-order valence-electron chi connectivity index (χ2n) is 7.66. The van der Waals surface area contributed by atoms with E-state index in [9.17, 15) is 4.21 Å². The Kier molecular flexibility index (Phi) is 5.26. The topological polar surface area (TPSA) is 92.2 Å². The van der Waals surface area contributed by atoms with Crippen LogP contribution in [0.5, 0.6) is 0 Å². The first-order valence-electron chi connectivity index (χ1n) is 9.12. The van der Waals surface area contributed by atoms with Gasteiger partial charge < -0.3 is 11.1 Å².